The average Bonchev–Trinajstić information content (AvgIpc) is 3.28. The third-order valence-electron chi connectivity index (χ3n) is 4.00. The lowest BCUT2D eigenvalue weighted by atomic mass is 10.1. The predicted octanol–water partition coefficient (Wildman–Crippen LogP) is 6.37. The van der Waals surface area contributed by atoms with E-state index in [1.807, 2.05) is 41.8 Å². The zero-order chi connectivity index (χ0) is 17.5. The zero-order valence-corrected chi connectivity index (χ0v) is 15.7. The van der Waals surface area contributed by atoms with E-state index in [1.54, 1.807) is 29.0 Å². The van der Waals surface area contributed by atoms with Gasteiger partial charge in [-0.15, -0.1) is 11.3 Å². The highest BCUT2D eigenvalue weighted by molar-refractivity contribution is 7.22. The van der Waals surface area contributed by atoms with Gasteiger partial charge in [-0.05, 0) is 41.8 Å². The molecule has 0 atom stereocenters. The van der Waals surface area contributed by atoms with E-state index in [-0.39, 0.29) is 0 Å². The van der Waals surface area contributed by atoms with Crippen molar-refractivity contribution >= 4 is 65.5 Å². The van der Waals surface area contributed by atoms with Crippen molar-refractivity contribution in [1.29, 1.82) is 0 Å². The van der Waals surface area contributed by atoms with Gasteiger partial charge < -0.3 is 5.32 Å². The van der Waals surface area contributed by atoms with Gasteiger partial charge in [-0.1, -0.05) is 35.1 Å². The minimum absolute atomic E-state index is 0.724. The standard InChI is InChI=1S/C19H11ClN4S2/c20-12-3-6-14-16(9-12)26-19(24-14)23-13-4-1-11(2-5-13)17-18-15(7-8-25-18)21-10-22-17/h1-10H,(H,23,24). The molecule has 4 nitrogen and oxygen atoms in total. The molecular formula is C19H11ClN4S2. The van der Waals surface area contributed by atoms with E-state index >= 15 is 0 Å². The Morgan fingerprint density at radius 1 is 0.923 bits per heavy atom. The Kier molecular flexibility index (Phi) is 3.81. The summed E-state index contributed by atoms with van der Waals surface area (Å²) < 4.78 is 2.17. The third-order valence-corrected chi connectivity index (χ3v) is 6.08. The van der Waals surface area contributed by atoms with Gasteiger partial charge in [-0.3, -0.25) is 0 Å². The fraction of sp³-hybridized carbons (Fsp3) is 0. The summed E-state index contributed by atoms with van der Waals surface area (Å²) in [6, 6.07) is 15.9. The molecule has 0 bridgehead atoms. The SMILES string of the molecule is Clc1ccc2nc(Nc3ccc(-c4ncnc5ccsc45)cc3)sc2c1. The number of rotatable bonds is 3. The number of halogens is 1. The summed E-state index contributed by atoms with van der Waals surface area (Å²) in [5.74, 6) is 0. The van der Waals surface area contributed by atoms with Crippen LogP contribution in [0.15, 0.2) is 60.2 Å². The maximum Gasteiger partial charge on any atom is 0.188 e. The minimum Gasteiger partial charge on any atom is -0.332 e. The summed E-state index contributed by atoms with van der Waals surface area (Å²) >= 11 is 9.29. The van der Waals surface area contributed by atoms with Gasteiger partial charge in [-0.25, -0.2) is 15.0 Å². The summed E-state index contributed by atoms with van der Waals surface area (Å²) in [5.41, 5.74) is 4.94. The van der Waals surface area contributed by atoms with Crippen LogP contribution in [0.3, 0.4) is 0 Å². The molecule has 5 rings (SSSR count). The Morgan fingerprint density at radius 3 is 2.69 bits per heavy atom. The van der Waals surface area contributed by atoms with Crippen molar-refractivity contribution in [3.63, 3.8) is 0 Å². The first-order valence-electron chi connectivity index (χ1n) is 7.88. The van der Waals surface area contributed by atoms with Crippen LogP contribution in [-0.2, 0) is 0 Å². The van der Waals surface area contributed by atoms with Crippen molar-refractivity contribution < 1.29 is 0 Å². The molecule has 0 saturated heterocycles. The van der Waals surface area contributed by atoms with Crippen LogP contribution in [0.4, 0.5) is 10.8 Å². The fourth-order valence-corrected chi connectivity index (χ4v) is 4.80. The summed E-state index contributed by atoms with van der Waals surface area (Å²) in [5, 5.41) is 6.97. The highest BCUT2D eigenvalue weighted by Gasteiger charge is 2.08. The van der Waals surface area contributed by atoms with Gasteiger partial charge in [0.1, 0.15) is 6.33 Å². The van der Waals surface area contributed by atoms with E-state index in [4.69, 9.17) is 11.6 Å². The molecule has 5 aromatic rings. The van der Waals surface area contributed by atoms with Crippen molar-refractivity contribution in [3.8, 4) is 11.3 Å². The molecule has 0 aliphatic heterocycles. The van der Waals surface area contributed by atoms with E-state index in [9.17, 15) is 0 Å². The van der Waals surface area contributed by atoms with Crippen molar-refractivity contribution in [2.24, 2.45) is 0 Å². The normalized spacial score (nSPS) is 11.3. The first-order valence-corrected chi connectivity index (χ1v) is 9.95. The van der Waals surface area contributed by atoms with E-state index in [0.29, 0.717) is 0 Å². The lowest BCUT2D eigenvalue weighted by Gasteiger charge is -2.05. The summed E-state index contributed by atoms with van der Waals surface area (Å²) in [6.07, 6.45) is 1.61. The van der Waals surface area contributed by atoms with Crippen LogP contribution >= 0.6 is 34.3 Å². The monoisotopic (exact) mass is 394 g/mol. The van der Waals surface area contributed by atoms with E-state index in [2.05, 4.69) is 32.4 Å². The van der Waals surface area contributed by atoms with Gasteiger partial charge >= 0.3 is 0 Å². The Hall–Kier alpha value is -2.54. The third kappa shape index (κ3) is 2.82. The predicted molar refractivity (Wildman–Crippen MR) is 111 cm³/mol. The molecule has 7 heteroatoms. The first-order chi connectivity index (χ1) is 12.8. The number of thiophene rings is 1. The molecule has 1 N–H and O–H groups in total. The Labute approximate surface area is 162 Å². The summed E-state index contributed by atoms with van der Waals surface area (Å²) in [4.78, 5) is 13.3. The van der Waals surface area contributed by atoms with E-state index < -0.39 is 0 Å². The number of benzene rings is 2. The number of hydrogen-bond donors (Lipinski definition) is 1. The summed E-state index contributed by atoms with van der Waals surface area (Å²) in [7, 11) is 0. The Balaban J connectivity index is 1.45. The second kappa shape index (κ2) is 6.32. The molecule has 126 valence electrons. The Bertz CT molecular complexity index is 1230. The lowest BCUT2D eigenvalue weighted by molar-refractivity contribution is 1.23. The molecule has 0 amide bonds. The van der Waals surface area contributed by atoms with Crippen LogP contribution < -0.4 is 5.32 Å². The van der Waals surface area contributed by atoms with Crippen LogP contribution in [0.1, 0.15) is 0 Å². The average molecular weight is 395 g/mol. The number of nitrogens with zero attached hydrogens (tertiary/aromatic N) is 3. The second-order valence-corrected chi connectivity index (χ2v) is 8.07. The molecule has 0 unspecified atom stereocenters. The number of nitrogens with one attached hydrogen (secondary N) is 1. The fourth-order valence-electron chi connectivity index (χ4n) is 2.78. The topological polar surface area (TPSA) is 50.7 Å². The molecule has 3 aromatic heterocycles. The van der Waals surface area contributed by atoms with Crippen LogP contribution in [-0.4, -0.2) is 15.0 Å². The van der Waals surface area contributed by atoms with Crippen LogP contribution in [0.5, 0.6) is 0 Å². The number of anilines is 2. The van der Waals surface area contributed by atoms with Crippen LogP contribution in [0, 0.1) is 0 Å². The second-order valence-electron chi connectivity index (χ2n) is 5.69. The quantitative estimate of drug-likeness (QED) is 0.386. The molecular weight excluding hydrogens is 384 g/mol. The molecule has 0 aliphatic rings. The van der Waals surface area contributed by atoms with Crippen LogP contribution in [0.25, 0.3) is 31.7 Å². The van der Waals surface area contributed by atoms with Gasteiger partial charge in [-0.2, -0.15) is 0 Å². The highest BCUT2D eigenvalue weighted by atomic mass is 35.5. The number of aromatic nitrogens is 3. The molecule has 0 fully saturated rings. The molecule has 26 heavy (non-hydrogen) atoms. The zero-order valence-electron chi connectivity index (χ0n) is 13.3. The van der Waals surface area contributed by atoms with Gasteiger partial charge in [0.15, 0.2) is 5.13 Å². The van der Waals surface area contributed by atoms with Gasteiger partial charge in [0, 0.05) is 16.3 Å². The highest BCUT2D eigenvalue weighted by Crippen LogP contribution is 2.32. The number of hydrogen-bond acceptors (Lipinski definition) is 6. The maximum absolute atomic E-state index is 6.05. The van der Waals surface area contributed by atoms with E-state index in [0.717, 1.165) is 47.5 Å². The number of fused-ring (bicyclic) bond motifs is 2. The maximum atomic E-state index is 6.05. The lowest BCUT2D eigenvalue weighted by Crippen LogP contribution is -1.90. The Morgan fingerprint density at radius 2 is 1.81 bits per heavy atom. The van der Waals surface area contributed by atoms with Crippen molar-refractivity contribution in [2.75, 3.05) is 5.32 Å². The largest absolute Gasteiger partial charge is 0.332 e. The van der Waals surface area contributed by atoms with E-state index in [1.165, 1.54) is 0 Å². The van der Waals surface area contributed by atoms with Crippen molar-refractivity contribution in [2.45, 2.75) is 0 Å². The first kappa shape index (κ1) is 15.7. The van der Waals surface area contributed by atoms with Crippen molar-refractivity contribution in [1.82, 2.24) is 15.0 Å². The molecule has 0 radical (unpaired) electrons. The molecule has 0 spiro atoms. The minimum atomic E-state index is 0.724. The van der Waals surface area contributed by atoms with Gasteiger partial charge in [0.05, 0.1) is 26.1 Å². The van der Waals surface area contributed by atoms with Crippen LogP contribution in [0.2, 0.25) is 5.02 Å². The number of thiazole rings is 1. The molecule has 3 heterocycles. The molecule has 2 aromatic carbocycles. The van der Waals surface area contributed by atoms with Gasteiger partial charge in [0.2, 0.25) is 0 Å². The molecule has 0 aliphatic carbocycles. The molecule has 0 saturated carbocycles. The smallest absolute Gasteiger partial charge is 0.188 e. The van der Waals surface area contributed by atoms with Gasteiger partial charge in [0.25, 0.3) is 0 Å². The van der Waals surface area contributed by atoms with Crippen molar-refractivity contribution in [3.05, 3.63) is 65.3 Å². The summed E-state index contributed by atoms with van der Waals surface area (Å²) in [6.45, 7) is 0.